The first kappa shape index (κ1) is 17.3. The first-order valence-electron chi connectivity index (χ1n) is 6.30. The molecule has 0 amide bonds. The first-order chi connectivity index (χ1) is 10.1. The third-order valence-corrected chi connectivity index (χ3v) is 2.84. The van der Waals surface area contributed by atoms with Crippen LogP contribution >= 0.6 is 23.8 Å². The molecule has 0 saturated carbocycles. The van der Waals surface area contributed by atoms with Gasteiger partial charge in [-0.1, -0.05) is 17.7 Å². The lowest BCUT2D eigenvalue weighted by atomic mass is 10.2. The lowest BCUT2D eigenvalue weighted by Crippen LogP contribution is -2.31. The maximum absolute atomic E-state index is 6.14. The molecule has 0 radical (unpaired) electrons. The van der Waals surface area contributed by atoms with Gasteiger partial charge in [0.05, 0.1) is 25.0 Å². The summed E-state index contributed by atoms with van der Waals surface area (Å²) in [5.74, 6) is 1.08. The number of hydrogen-bond donors (Lipinski definition) is 2. The number of hydrazone groups is 1. The molecule has 7 heteroatoms. The average Bonchev–Trinajstić information content (AvgIpc) is 2.45. The summed E-state index contributed by atoms with van der Waals surface area (Å²) in [6.07, 6.45) is 3.30. The largest absolute Gasteiger partial charge is 0.491 e. The normalized spacial score (nSPS) is 10.2. The van der Waals surface area contributed by atoms with E-state index in [4.69, 9.17) is 33.3 Å². The topological polar surface area (TPSA) is 54.9 Å². The minimum atomic E-state index is 0.413. The molecule has 0 aromatic heterocycles. The Morgan fingerprint density at radius 2 is 2.29 bits per heavy atom. The van der Waals surface area contributed by atoms with Crippen LogP contribution in [-0.2, 0) is 0 Å². The monoisotopic (exact) mass is 327 g/mol. The van der Waals surface area contributed by atoms with E-state index in [0.717, 1.165) is 5.56 Å². The Labute approximate surface area is 135 Å². The second kappa shape index (κ2) is 9.20. The third-order valence-electron chi connectivity index (χ3n) is 2.32. The van der Waals surface area contributed by atoms with Gasteiger partial charge in [0.1, 0.15) is 0 Å². The van der Waals surface area contributed by atoms with Crippen LogP contribution in [-0.4, -0.2) is 31.6 Å². The van der Waals surface area contributed by atoms with Gasteiger partial charge in [0.15, 0.2) is 16.6 Å². The molecule has 0 aliphatic carbocycles. The summed E-state index contributed by atoms with van der Waals surface area (Å²) in [5, 5.41) is 7.79. The van der Waals surface area contributed by atoms with Crippen molar-refractivity contribution in [3.63, 3.8) is 0 Å². The van der Waals surface area contributed by atoms with Crippen molar-refractivity contribution in [1.82, 2.24) is 10.7 Å². The highest BCUT2D eigenvalue weighted by molar-refractivity contribution is 7.80. The fraction of sp³-hybridized carbons (Fsp3) is 0.286. The van der Waals surface area contributed by atoms with E-state index in [9.17, 15) is 0 Å². The second-order valence-electron chi connectivity index (χ2n) is 3.84. The number of rotatable bonds is 7. The summed E-state index contributed by atoms with van der Waals surface area (Å²) in [5.41, 5.74) is 3.46. The number of hydrogen-bond acceptors (Lipinski definition) is 4. The third kappa shape index (κ3) is 5.61. The number of nitrogens with zero attached hydrogens (tertiary/aromatic N) is 1. The maximum atomic E-state index is 6.14. The van der Waals surface area contributed by atoms with Crippen molar-refractivity contribution in [2.24, 2.45) is 5.10 Å². The number of ether oxygens (including phenoxy) is 2. The molecule has 0 bridgehead atoms. The van der Waals surface area contributed by atoms with E-state index >= 15 is 0 Å². The van der Waals surface area contributed by atoms with Crippen LogP contribution in [0, 0.1) is 0 Å². The van der Waals surface area contributed by atoms with Crippen molar-refractivity contribution in [2.75, 3.05) is 20.3 Å². The van der Waals surface area contributed by atoms with Gasteiger partial charge in [-0.3, -0.25) is 5.43 Å². The lowest BCUT2D eigenvalue weighted by molar-refractivity contribution is 0.311. The Hall–Kier alpha value is -1.79. The van der Waals surface area contributed by atoms with Gasteiger partial charge in [-0.15, -0.1) is 6.58 Å². The number of benzene rings is 1. The molecule has 0 atom stereocenters. The van der Waals surface area contributed by atoms with Crippen molar-refractivity contribution in [1.29, 1.82) is 0 Å². The highest BCUT2D eigenvalue weighted by Crippen LogP contribution is 2.35. The van der Waals surface area contributed by atoms with Crippen molar-refractivity contribution in [2.45, 2.75) is 6.92 Å². The van der Waals surface area contributed by atoms with Crippen molar-refractivity contribution in [3.8, 4) is 11.5 Å². The van der Waals surface area contributed by atoms with Gasteiger partial charge in [0.2, 0.25) is 0 Å². The predicted molar refractivity (Wildman–Crippen MR) is 90.7 cm³/mol. The SMILES string of the molecule is C=CCNC(=S)N/N=C\c1cc(Cl)c(OC)c(OCC)c1. The average molecular weight is 328 g/mol. The van der Waals surface area contributed by atoms with Crippen LogP contribution in [0.5, 0.6) is 11.5 Å². The summed E-state index contributed by atoms with van der Waals surface area (Å²) in [4.78, 5) is 0. The summed E-state index contributed by atoms with van der Waals surface area (Å²) >= 11 is 11.2. The molecule has 0 aliphatic rings. The number of nitrogens with one attached hydrogen (secondary N) is 2. The molecule has 0 aliphatic heterocycles. The Balaban J connectivity index is 2.79. The molecule has 0 unspecified atom stereocenters. The highest BCUT2D eigenvalue weighted by Gasteiger charge is 2.10. The van der Waals surface area contributed by atoms with Crippen LogP contribution < -0.4 is 20.2 Å². The maximum Gasteiger partial charge on any atom is 0.187 e. The lowest BCUT2D eigenvalue weighted by Gasteiger charge is -2.11. The van der Waals surface area contributed by atoms with Crippen LogP contribution in [0.25, 0.3) is 0 Å². The summed E-state index contributed by atoms with van der Waals surface area (Å²) in [6.45, 7) is 6.56. The van der Waals surface area contributed by atoms with Gasteiger partial charge in [-0.05, 0) is 36.8 Å². The minimum Gasteiger partial charge on any atom is -0.491 e. The van der Waals surface area contributed by atoms with E-state index in [0.29, 0.717) is 34.8 Å². The van der Waals surface area contributed by atoms with E-state index in [-0.39, 0.29) is 0 Å². The molecule has 21 heavy (non-hydrogen) atoms. The van der Waals surface area contributed by atoms with Gasteiger partial charge in [-0.25, -0.2) is 0 Å². The van der Waals surface area contributed by atoms with E-state index in [1.54, 1.807) is 31.5 Å². The van der Waals surface area contributed by atoms with Gasteiger partial charge in [0.25, 0.3) is 0 Å². The molecular weight excluding hydrogens is 310 g/mol. The summed E-state index contributed by atoms with van der Waals surface area (Å²) < 4.78 is 10.7. The van der Waals surface area contributed by atoms with Crippen LogP contribution in [0.4, 0.5) is 0 Å². The van der Waals surface area contributed by atoms with Gasteiger partial charge in [0, 0.05) is 6.54 Å². The fourth-order valence-electron chi connectivity index (χ4n) is 1.49. The molecular formula is C14H18ClN3O2S. The zero-order chi connectivity index (χ0) is 15.7. The zero-order valence-corrected chi connectivity index (χ0v) is 13.6. The van der Waals surface area contributed by atoms with Crippen molar-refractivity contribution < 1.29 is 9.47 Å². The number of thiocarbonyl (C=S) groups is 1. The number of methoxy groups -OCH3 is 1. The zero-order valence-electron chi connectivity index (χ0n) is 12.0. The molecule has 114 valence electrons. The van der Waals surface area contributed by atoms with Gasteiger partial charge in [-0.2, -0.15) is 5.10 Å². The Bertz CT molecular complexity index is 535. The fourth-order valence-corrected chi connectivity index (χ4v) is 1.93. The van der Waals surface area contributed by atoms with Crippen LogP contribution in [0.15, 0.2) is 29.9 Å². The van der Waals surface area contributed by atoms with Crippen molar-refractivity contribution >= 4 is 35.1 Å². The first-order valence-corrected chi connectivity index (χ1v) is 7.09. The predicted octanol–water partition coefficient (Wildman–Crippen LogP) is 2.73. The van der Waals surface area contributed by atoms with E-state index in [2.05, 4.69) is 22.4 Å². The molecule has 1 rings (SSSR count). The molecule has 1 aromatic rings. The molecule has 0 heterocycles. The Kier molecular flexibility index (Phi) is 7.56. The van der Waals surface area contributed by atoms with E-state index in [1.807, 2.05) is 6.92 Å². The van der Waals surface area contributed by atoms with E-state index in [1.165, 1.54) is 0 Å². The highest BCUT2D eigenvalue weighted by atomic mass is 35.5. The van der Waals surface area contributed by atoms with Crippen LogP contribution in [0.2, 0.25) is 5.02 Å². The molecule has 1 aromatic carbocycles. The molecule has 0 saturated heterocycles. The molecule has 5 nitrogen and oxygen atoms in total. The summed E-state index contributed by atoms with van der Waals surface area (Å²) in [7, 11) is 1.54. The quantitative estimate of drug-likeness (QED) is 0.349. The second-order valence-corrected chi connectivity index (χ2v) is 4.65. The Morgan fingerprint density at radius 1 is 1.52 bits per heavy atom. The molecule has 0 fully saturated rings. The van der Waals surface area contributed by atoms with Gasteiger partial charge < -0.3 is 14.8 Å². The minimum absolute atomic E-state index is 0.413. The van der Waals surface area contributed by atoms with Crippen LogP contribution in [0.3, 0.4) is 0 Å². The molecule has 0 spiro atoms. The van der Waals surface area contributed by atoms with Crippen molar-refractivity contribution in [3.05, 3.63) is 35.4 Å². The van der Waals surface area contributed by atoms with Crippen LogP contribution in [0.1, 0.15) is 12.5 Å². The summed E-state index contributed by atoms with van der Waals surface area (Å²) in [6, 6.07) is 3.52. The van der Waals surface area contributed by atoms with Gasteiger partial charge >= 0.3 is 0 Å². The number of halogens is 1. The molecule has 2 N–H and O–H groups in total. The standard InChI is InChI=1S/C14H18ClN3O2S/c1-4-6-16-14(21)18-17-9-10-7-11(15)13(19-3)12(8-10)20-5-2/h4,7-9H,1,5-6H2,2-3H3,(H2,16,18,21)/b17-9-. The van der Waals surface area contributed by atoms with E-state index < -0.39 is 0 Å². The Morgan fingerprint density at radius 3 is 2.90 bits per heavy atom. The smallest absolute Gasteiger partial charge is 0.187 e.